The Morgan fingerprint density at radius 2 is 2.00 bits per heavy atom. The van der Waals surface area contributed by atoms with E-state index in [9.17, 15) is 9.59 Å². The van der Waals surface area contributed by atoms with Gasteiger partial charge in [0, 0.05) is 30.9 Å². The minimum Gasteiger partial charge on any atom is -0.334 e. The van der Waals surface area contributed by atoms with Gasteiger partial charge < -0.3 is 10.2 Å². The van der Waals surface area contributed by atoms with Crippen molar-refractivity contribution in [2.75, 3.05) is 18.4 Å². The fourth-order valence-corrected chi connectivity index (χ4v) is 4.10. The molecular weight excluding hydrogens is 390 g/mol. The minimum absolute atomic E-state index is 0.248. The van der Waals surface area contributed by atoms with E-state index in [0.29, 0.717) is 29.2 Å². The lowest BCUT2D eigenvalue weighted by molar-refractivity contribution is -0.144. The summed E-state index contributed by atoms with van der Waals surface area (Å²) in [7, 11) is 0. The number of amides is 2. The van der Waals surface area contributed by atoms with E-state index in [1.54, 1.807) is 23.2 Å². The van der Waals surface area contributed by atoms with Crippen LogP contribution in [0.2, 0.25) is 5.02 Å². The first kappa shape index (κ1) is 19.4. The molecule has 0 aliphatic carbocycles. The summed E-state index contributed by atoms with van der Waals surface area (Å²) in [6.45, 7) is 4.94. The maximum absolute atomic E-state index is 12.7. The van der Waals surface area contributed by atoms with Crippen LogP contribution in [0.1, 0.15) is 30.0 Å². The van der Waals surface area contributed by atoms with Crippen molar-refractivity contribution in [1.82, 2.24) is 19.7 Å². The maximum Gasteiger partial charge on any atom is 0.313 e. The Balaban J connectivity index is 1.46. The smallest absolute Gasteiger partial charge is 0.313 e. The van der Waals surface area contributed by atoms with Gasteiger partial charge in [0.05, 0.1) is 28.5 Å². The van der Waals surface area contributed by atoms with Crippen molar-refractivity contribution < 1.29 is 9.59 Å². The van der Waals surface area contributed by atoms with Gasteiger partial charge in [-0.05, 0) is 56.0 Å². The van der Waals surface area contributed by atoms with Crippen molar-refractivity contribution in [2.24, 2.45) is 0 Å². The Kier molecular flexibility index (Phi) is 5.24. The monoisotopic (exact) mass is 411 g/mol. The summed E-state index contributed by atoms with van der Waals surface area (Å²) in [6.07, 6.45) is 7.05. The van der Waals surface area contributed by atoms with Crippen LogP contribution in [0.15, 0.2) is 36.8 Å². The first-order valence-electron chi connectivity index (χ1n) is 9.59. The molecule has 0 saturated carbocycles. The van der Waals surface area contributed by atoms with Gasteiger partial charge in [-0.1, -0.05) is 11.6 Å². The van der Waals surface area contributed by atoms with Gasteiger partial charge >= 0.3 is 11.8 Å². The molecule has 0 bridgehead atoms. The standard InChI is InChI=1S/C21H22ClN5O2/c1-13-11-24-27(12-13)15-5-8-26(9-6-15)21(29)20(28)25-19-16-4-3-7-23-18(16)14(2)10-17(19)22/h3-4,7,10-12,15H,5-6,8-9H2,1-2H3,(H,25,28). The van der Waals surface area contributed by atoms with E-state index < -0.39 is 11.8 Å². The molecule has 1 aromatic carbocycles. The lowest BCUT2D eigenvalue weighted by atomic mass is 10.1. The van der Waals surface area contributed by atoms with Crippen molar-refractivity contribution >= 4 is 40.0 Å². The second-order valence-electron chi connectivity index (χ2n) is 7.43. The first-order valence-corrected chi connectivity index (χ1v) is 9.96. The number of fused-ring (bicyclic) bond motifs is 1. The highest BCUT2D eigenvalue weighted by Crippen LogP contribution is 2.32. The molecule has 2 amide bonds. The van der Waals surface area contributed by atoms with Crippen molar-refractivity contribution in [1.29, 1.82) is 0 Å². The molecule has 0 unspecified atom stereocenters. The first-order chi connectivity index (χ1) is 13.9. The van der Waals surface area contributed by atoms with Crippen LogP contribution in [0, 0.1) is 13.8 Å². The van der Waals surface area contributed by atoms with Crippen LogP contribution in [0.25, 0.3) is 10.9 Å². The lowest BCUT2D eigenvalue weighted by Gasteiger charge is -2.31. The summed E-state index contributed by atoms with van der Waals surface area (Å²) < 4.78 is 1.95. The van der Waals surface area contributed by atoms with E-state index in [4.69, 9.17) is 11.6 Å². The summed E-state index contributed by atoms with van der Waals surface area (Å²) in [6, 6.07) is 5.60. The Morgan fingerprint density at radius 1 is 1.24 bits per heavy atom. The molecule has 1 saturated heterocycles. The Morgan fingerprint density at radius 3 is 2.69 bits per heavy atom. The molecular formula is C21H22ClN5O2. The van der Waals surface area contributed by atoms with Crippen LogP contribution in [0.5, 0.6) is 0 Å². The Bertz CT molecular complexity index is 1090. The third kappa shape index (κ3) is 3.82. The number of anilines is 1. The lowest BCUT2D eigenvalue weighted by Crippen LogP contribution is -2.44. The molecule has 1 aliphatic heterocycles. The molecule has 2 aromatic heterocycles. The zero-order valence-electron chi connectivity index (χ0n) is 16.4. The molecule has 1 fully saturated rings. The third-order valence-electron chi connectivity index (χ3n) is 5.32. The highest BCUT2D eigenvalue weighted by molar-refractivity contribution is 6.42. The van der Waals surface area contributed by atoms with Crippen molar-refractivity contribution in [3.63, 3.8) is 0 Å². The number of carbonyl (C=O) groups is 2. The van der Waals surface area contributed by atoms with Gasteiger partial charge in [0.15, 0.2) is 0 Å². The Labute approximate surface area is 173 Å². The summed E-state index contributed by atoms with van der Waals surface area (Å²) >= 11 is 6.35. The molecule has 1 N–H and O–H groups in total. The molecule has 7 nitrogen and oxygen atoms in total. The normalized spacial score (nSPS) is 14.9. The molecule has 0 radical (unpaired) electrons. The number of likely N-dealkylation sites (tertiary alicyclic amines) is 1. The average molecular weight is 412 g/mol. The maximum atomic E-state index is 12.7. The zero-order chi connectivity index (χ0) is 20.5. The highest BCUT2D eigenvalue weighted by Gasteiger charge is 2.28. The fraction of sp³-hybridized carbons (Fsp3) is 0.333. The number of hydrogen-bond donors (Lipinski definition) is 1. The number of nitrogens with one attached hydrogen (secondary N) is 1. The molecule has 3 heterocycles. The van der Waals surface area contributed by atoms with Gasteiger partial charge in [0.2, 0.25) is 0 Å². The largest absolute Gasteiger partial charge is 0.334 e. The van der Waals surface area contributed by atoms with Crippen LogP contribution in [-0.4, -0.2) is 44.6 Å². The van der Waals surface area contributed by atoms with Crippen LogP contribution < -0.4 is 5.32 Å². The molecule has 29 heavy (non-hydrogen) atoms. The number of hydrogen-bond acceptors (Lipinski definition) is 4. The van der Waals surface area contributed by atoms with E-state index in [0.717, 1.165) is 29.5 Å². The minimum atomic E-state index is -0.686. The van der Waals surface area contributed by atoms with Crippen LogP contribution in [0.3, 0.4) is 0 Å². The van der Waals surface area contributed by atoms with Gasteiger partial charge in [0.1, 0.15) is 0 Å². The van der Waals surface area contributed by atoms with Crippen LogP contribution in [0.4, 0.5) is 5.69 Å². The average Bonchev–Trinajstić information content (AvgIpc) is 3.17. The molecule has 1 aliphatic rings. The van der Waals surface area contributed by atoms with Gasteiger partial charge in [-0.3, -0.25) is 19.3 Å². The van der Waals surface area contributed by atoms with Gasteiger partial charge in [-0.2, -0.15) is 5.10 Å². The van der Waals surface area contributed by atoms with E-state index in [2.05, 4.69) is 15.4 Å². The van der Waals surface area contributed by atoms with Crippen LogP contribution in [-0.2, 0) is 9.59 Å². The number of halogens is 1. The zero-order valence-corrected chi connectivity index (χ0v) is 17.1. The number of nitrogens with zero attached hydrogens (tertiary/aromatic N) is 4. The predicted octanol–water partition coefficient (Wildman–Crippen LogP) is 3.50. The van der Waals surface area contributed by atoms with E-state index in [1.807, 2.05) is 37.0 Å². The molecule has 3 aromatic rings. The number of piperidine rings is 1. The second kappa shape index (κ2) is 7.83. The van der Waals surface area contributed by atoms with Crippen molar-refractivity contribution in [3.05, 3.63) is 52.9 Å². The molecule has 8 heteroatoms. The number of benzene rings is 1. The number of rotatable bonds is 2. The highest BCUT2D eigenvalue weighted by atomic mass is 35.5. The summed E-state index contributed by atoms with van der Waals surface area (Å²) in [5.74, 6) is -1.23. The van der Waals surface area contributed by atoms with Crippen molar-refractivity contribution in [3.8, 4) is 0 Å². The molecule has 150 valence electrons. The number of carbonyl (C=O) groups excluding carboxylic acids is 2. The van der Waals surface area contributed by atoms with Gasteiger partial charge in [0.25, 0.3) is 0 Å². The molecule has 0 atom stereocenters. The summed E-state index contributed by atoms with van der Waals surface area (Å²) in [5.41, 5.74) is 3.18. The van der Waals surface area contributed by atoms with Gasteiger partial charge in [-0.25, -0.2) is 0 Å². The number of aromatic nitrogens is 3. The SMILES string of the molecule is Cc1cnn(C2CCN(C(=O)C(=O)Nc3c(Cl)cc(C)c4ncccc34)CC2)c1. The summed E-state index contributed by atoms with van der Waals surface area (Å²) in [5, 5.41) is 8.16. The topological polar surface area (TPSA) is 80.1 Å². The fourth-order valence-electron chi connectivity index (χ4n) is 3.78. The van der Waals surface area contributed by atoms with Crippen molar-refractivity contribution in [2.45, 2.75) is 32.7 Å². The predicted molar refractivity (Wildman–Crippen MR) is 112 cm³/mol. The Hall–Kier alpha value is -2.93. The van der Waals surface area contributed by atoms with Crippen LogP contribution >= 0.6 is 11.6 Å². The second-order valence-corrected chi connectivity index (χ2v) is 7.83. The van der Waals surface area contributed by atoms with E-state index in [-0.39, 0.29) is 6.04 Å². The summed E-state index contributed by atoms with van der Waals surface area (Å²) in [4.78, 5) is 31.3. The number of pyridine rings is 1. The number of aryl methyl sites for hydroxylation is 2. The molecule has 0 spiro atoms. The third-order valence-corrected chi connectivity index (χ3v) is 5.62. The van der Waals surface area contributed by atoms with E-state index >= 15 is 0 Å². The van der Waals surface area contributed by atoms with E-state index in [1.165, 1.54) is 0 Å². The molecule has 4 rings (SSSR count). The van der Waals surface area contributed by atoms with Gasteiger partial charge in [-0.15, -0.1) is 0 Å². The quantitative estimate of drug-likeness (QED) is 0.654.